The molecule has 26 heavy (non-hydrogen) atoms. The second-order valence-electron chi connectivity index (χ2n) is 6.09. The molecular formula is C20H31ClN2O3. The van der Waals surface area contributed by atoms with Crippen molar-refractivity contribution >= 4 is 23.5 Å². The molecule has 0 heterocycles. The fraction of sp³-hybridized carbons (Fsp3) is 0.600. The van der Waals surface area contributed by atoms with Crippen molar-refractivity contribution < 1.29 is 14.3 Å². The number of rotatable bonds is 12. The SMILES string of the molecule is CCOC(=O)CCN(CCCCN(CC)CC)C(=O)c1cccc(Cl)c1. The normalized spacial score (nSPS) is 10.8. The summed E-state index contributed by atoms with van der Waals surface area (Å²) in [6.45, 7) is 10.5. The van der Waals surface area contributed by atoms with Crippen LogP contribution in [0, 0.1) is 0 Å². The van der Waals surface area contributed by atoms with E-state index in [9.17, 15) is 9.59 Å². The van der Waals surface area contributed by atoms with Crippen molar-refractivity contribution in [3.8, 4) is 0 Å². The van der Waals surface area contributed by atoms with Gasteiger partial charge in [0.1, 0.15) is 0 Å². The van der Waals surface area contributed by atoms with Gasteiger partial charge in [0.15, 0.2) is 0 Å². The van der Waals surface area contributed by atoms with Crippen molar-refractivity contribution in [1.82, 2.24) is 9.80 Å². The Morgan fingerprint density at radius 1 is 1.04 bits per heavy atom. The van der Waals surface area contributed by atoms with Gasteiger partial charge in [0.25, 0.3) is 5.91 Å². The van der Waals surface area contributed by atoms with E-state index in [0.29, 0.717) is 30.3 Å². The first-order chi connectivity index (χ1) is 12.5. The third-order valence-corrected chi connectivity index (χ3v) is 4.53. The van der Waals surface area contributed by atoms with E-state index >= 15 is 0 Å². The molecule has 0 bridgehead atoms. The average molecular weight is 383 g/mol. The van der Waals surface area contributed by atoms with Crippen molar-refractivity contribution in [2.24, 2.45) is 0 Å². The molecule has 0 saturated carbocycles. The standard InChI is InChI=1S/C20H31ClN2O3/c1-4-22(5-2)13-7-8-14-23(15-12-19(24)26-6-3)20(25)17-10-9-11-18(21)16-17/h9-11,16H,4-8,12-15H2,1-3H3. The number of amides is 1. The van der Waals surface area contributed by atoms with E-state index in [-0.39, 0.29) is 18.3 Å². The van der Waals surface area contributed by atoms with Crippen molar-refractivity contribution in [3.63, 3.8) is 0 Å². The summed E-state index contributed by atoms with van der Waals surface area (Å²) in [5, 5.41) is 0.530. The van der Waals surface area contributed by atoms with Crippen LogP contribution in [-0.4, -0.2) is 61.0 Å². The fourth-order valence-electron chi connectivity index (χ4n) is 2.76. The number of hydrogen-bond acceptors (Lipinski definition) is 4. The molecule has 1 aromatic carbocycles. The first-order valence-corrected chi connectivity index (χ1v) is 9.82. The van der Waals surface area contributed by atoms with E-state index in [2.05, 4.69) is 18.7 Å². The van der Waals surface area contributed by atoms with Gasteiger partial charge in [0.2, 0.25) is 0 Å². The molecule has 0 N–H and O–H groups in total. The Morgan fingerprint density at radius 3 is 2.35 bits per heavy atom. The highest BCUT2D eigenvalue weighted by Crippen LogP contribution is 2.14. The van der Waals surface area contributed by atoms with Crippen LogP contribution >= 0.6 is 11.6 Å². The van der Waals surface area contributed by atoms with E-state index in [1.807, 2.05) is 0 Å². The zero-order chi connectivity index (χ0) is 19.4. The molecule has 146 valence electrons. The molecule has 0 radical (unpaired) electrons. The topological polar surface area (TPSA) is 49.9 Å². The molecule has 0 aliphatic rings. The third-order valence-electron chi connectivity index (χ3n) is 4.30. The van der Waals surface area contributed by atoms with Crippen molar-refractivity contribution in [2.75, 3.05) is 39.3 Å². The van der Waals surface area contributed by atoms with E-state index in [4.69, 9.17) is 16.3 Å². The maximum absolute atomic E-state index is 12.8. The number of carbonyl (C=O) groups is 2. The highest BCUT2D eigenvalue weighted by Gasteiger charge is 2.17. The zero-order valence-electron chi connectivity index (χ0n) is 16.2. The second-order valence-corrected chi connectivity index (χ2v) is 6.53. The summed E-state index contributed by atoms with van der Waals surface area (Å²) in [6.07, 6.45) is 2.11. The van der Waals surface area contributed by atoms with Crippen LogP contribution in [0.1, 0.15) is 50.4 Å². The Hall–Kier alpha value is -1.59. The molecule has 5 nitrogen and oxygen atoms in total. The highest BCUT2D eigenvalue weighted by molar-refractivity contribution is 6.30. The number of carbonyl (C=O) groups excluding carboxylic acids is 2. The summed E-state index contributed by atoms with van der Waals surface area (Å²) < 4.78 is 4.98. The first-order valence-electron chi connectivity index (χ1n) is 9.44. The summed E-state index contributed by atoms with van der Waals surface area (Å²) in [7, 11) is 0. The van der Waals surface area contributed by atoms with Crippen LogP contribution < -0.4 is 0 Å². The van der Waals surface area contributed by atoms with Crippen molar-refractivity contribution in [1.29, 1.82) is 0 Å². The predicted molar refractivity (Wildman–Crippen MR) is 106 cm³/mol. The number of benzene rings is 1. The van der Waals surface area contributed by atoms with Gasteiger partial charge in [0.05, 0.1) is 13.0 Å². The molecule has 0 atom stereocenters. The number of halogens is 1. The number of nitrogens with zero attached hydrogens (tertiary/aromatic N) is 2. The minimum atomic E-state index is -0.278. The van der Waals surface area contributed by atoms with Crippen LogP contribution in [0.15, 0.2) is 24.3 Å². The Labute approximate surface area is 162 Å². The number of esters is 1. The zero-order valence-corrected chi connectivity index (χ0v) is 16.9. The summed E-state index contributed by atoms with van der Waals surface area (Å²) in [4.78, 5) is 28.6. The van der Waals surface area contributed by atoms with Crippen LogP contribution in [0.2, 0.25) is 5.02 Å². The molecule has 0 fully saturated rings. The molecule has 1 amide bonds. The minimum absolute atomic E-state index is 0.0976. The number of unbranched alkanes of at least 4 members (excludes halogenated alkanes) is 1. The smallest absolute Gasteiger partial charge is 0.307 e. The van der Waals surface area contributed by atoms with Gasteiger partial charge in [-0.25, -0.2) is 0 Å². The molecule has 0 aliphatic carbocycles. The maximum Gasteiger partial charge on any atom is 0.307 e. The quantitative estimate of drug-likeness (QED) is 0.407. The van der Waals surface area contributed by atoms with Crippen LogP contribution in [-0.2, 0) is 9.53 Å². The lowest BCUT2D eigenvalue weighted by Gasteiger charge is -2.24. The fourth-order valence-corrected chi connectivity index (χ4v) is 2.95. The number of hydrogen-bond donors (Lipinski definition) is 0. The highest BCUT2D eigenvalue weighted by atomic mass is 35.5. The molecule has 6 heteroatoms. The lowest BCUT2D eigenvalue weighted by atomic mass is 10.1. The van der Waals surface area contributed by atoms with E-state index in [1.54, 1.807) is 36.1 Å². The molecule has 1 rings (SSSR count). The Bertz CT molecular complexity index is 562. The van der Waals surface area contributed by atoms with Gasteiger partial charge in [-0.15, -0.1) is 0 Å². The van der Waals surface area contributed by atoms with Gasteiger partial charge < -0.3 is 14.5 Å². The minimum Gasteiger partial charge on any atom is -0.466 e. The van der Waals surface area contributed by atoms with Crippen LogP contribution in [0.3, 0.4) is 0 Å². The molecular weight excluding hydrogens is 352 g/mol. The van der Waals surface area contributed by atoms with Crippen LogP contribution in [0.25, 0.3) is 0 Å². The molecule has 0 aliphatic heterocycles. The third kappa shape index (κ3) is 8.19. The maximum atomic E-state index is 12.8. The Morgan fingerprint density at radius 2 is 1.73 bits per heavy atom. The molecule has 0 unspecified atom stereocenters. The summed E-state index contributed by atoms with van der Waals surface area (Å²) in [5.41, 5.74) is 0.546. The van der Waals surface area contributed by atoms with E-state index in [0.717, 1.165) is 32.5 Å². The number of ether oxygens (including phenoxy) is 1. The van der Waals surface area contributed by atoms with Crippen molar-refractivity contribution in [3.05, 3.63) is 34.9 Å². The van der Waals surface area contributed by atoms with Gasteiger partial charge in [-0.2, -0.15) is 0 Å². The van der Waals surface area contributed by atoms with Gasteiger partial charge in [-0.1, -0.05) is 31.5 Å². The Balaban J connectivity index is 2.65. The summed E-state index contributed by atoms with van der Waals surface area (Å²) in [5.74, 6) is -0.376. The van der Waals surface area contributed by atoms with Gasteiger partial charge in [-0.3, -0.25) is 9.59 Å². The van der Waals surface area contributed by atoms with Crippen LogP contribution in [0.4, 0.5) is 0 Å². The summed E-state index contributed by atoms with van der Waals surface area (Å²) >= 11 is 6.01. The van der Waals surface area contributed by atoms with E-state index < -0.39 is 0 Å². The Kier molecular flexibility index (Phi) is 11.0. The monoisotopic (exact) mass is 382 g/mol. The van der Waals surface area contributed by atoms with E-state index in [1.165, 1.54) is 0 Å². The lowest BCUT2D eigenvalue weighted by Crippen LogP contribution is -2.34. The molecule has 1 aromatic rings. The molecule has 0 spiro atoms. The first kappa shape index (κ1) is 22.5. The predicted octanol–water partition coefficient (Wildman–Crippen LogP) is 3.86. The van der Waals surface area contributed by atoms with Crippen LogP contribution in [0.5, 0.6) is 0 Å². The van der Waals surface area contributed by atoms with Gasteiger partial charge >= 0.3 is 5.97 Å². The average Bonchev–Trinajstić information content (AvgIpc) is 2.64. The van der Waals surface area contributed by atoms with Crippen molar-refractivity contribution in [2.45, 2.75) is 40.0 Å². The largest absolute Gasteiger partial charge is 0.466 e. The summed E-state index contributed by atoms with van der Waals surface area (Å²) in [6, 6.07) is 6.92. The molecule has 0 saturated heterocycles. The second kappa shape index (κ2) is 12.7. The molecule has 0 aromatic heterocycles. The van der Waals surface area contributed by atoms with Gasteiger partial charge in [0, 0.05) is 23.7 Å². The van der Waals surface area contributed by atoms with Gasteiger partial charge in [-0.05, 0) is 57.6 Å². The lowest BCUT2D eigenvalue weighted by molar-refractivity contribution is -0.143.